The number of aliphatic hydroxyl groups excluding tert-OH is 1. The summed E-state index contributed by atoms with van der Waals surface area (Å²) in [5.74, 6) is 2.51. The van der Waals surface area contributed by atoms with Crippen LogP contribution in [-0.2, 0) is 15.0 Å². The average Bonchev–Trinajstić information content (AvgIpc) is 3.30. The summed E-state index contributed by atoms with van der Waals surface area (Å²) in [6.45, 7) is 11.2. The van der Waals surface area contributed by atoms with E-state index in [0.717, 1.165) is 63.1 Å². The topological polar surface area (TPSA) is 74.2 Å². The maximum absolute atomic E-state index is 12.8. The maximum atomic E-state index is 12.8. The fraction of sp³-hybridized carbons (Fsp3) is 0.730. The third-order valence-corrected chi connectivity index (χ3v) is 13.5. The zero-order chi connectivity index (χ0) is 30.4. The summed E-state index contributed by atoms with van der Waals surface area (Å²) in [6, 6.07) is 11.4. The van der Waals surface area contributed by atoms with E-state index in [4.69, 9.17) is 4.84 Å². The van der Waals surface area contributed by atoms with Gasteiger partial charge in [-0.15, -0.1) is 0 Å². The smallest absolute Gasteiger partial charge is 0.260 e. The van der Waals surface area contributed by atoms with Gasteiger partial charge in [-0.25, -0.2) is 0 Å². The molecule has 0 spiro atoms. The van der Waals surface area contributed by atoms with E-state index >= 15 is 0 Å². The van der Waals surface area contributed by atoms with Gasteiger partial charge in [0.15, 0.2) is 6.61 Å². The summed E-state index contributed by atoms with van der Waals surface area (Å²) in [7, 11) is 2.22. The summed E-state index contributed by atoms with van der Waals surface area (Å²) >= 11 is 0. The Morgan fingerprint density at radius 2 is 1.86 bits per heavy atom. The molecule has 9 atom stereocenters. The van der Waals surface area contributed by atoms with Crippen molar-refractivity contribution < 1.29 is 14.7 Å². The number of amides is 1. The molecular formula is C37H55N3O3. The number of benzene rings is 1. The van der Waals surface area contributed by atoms with E-state index in [1.807, 2.05) is 0 Å². The Balaban J connectivity index is 1.03. The molecule has 4 aliphatic carbocycles. The Bertz CT molecular complexity index is 1230. The van der Waals surface area contributed by atoms with Crippen molar-refractivity contribution in [1.29, 1.82) is 0 Å². The Labute approximate surface area is 259 Å². The molecule has 1 aromatic carbocycles. The van der Waals surface area contributed by atoms with Gasteiger partial charge >= 0.3 is 0 Å². The molecule has 0 aromatic heterocycles. The number of nitrogens with one attached hydrogen (secondary N) is 1. The first kappa shape index (κ1) is 30.8. The first-order valence-electron chi connectivity index (χ1n) is 17.2. The number of nitrogens with zero attached hydrogens (tertiary/aromatic N) is 2. The summed E-state index contributed by atoms with van der Waals surface area (Å²) in [5.41, 5.74) is 4.30. The molecule has 1 aliphatic heterocycles. The van der Waals surface area contributed by atoms with Crippen molar-refractivity contribution in [2.75, 3.05) is 26.7 Å². The standard InChI is InChI=1S/C37H55N3O3/c1-25-23-40(5)26(2)22-37(25,27-9-7-6-8-10-27)19-20-38-34(42)24-43-39-29-15-17-35(3)28(21-29)11-12-30-31-13-14-33(41)36(31,4)18-16-32(30)35/h6-10,21,25-26,30-33,41H,11-20,22-24H2,1-5H3,(H,38,42)/b39-29-/t25-,26+,30+,31-,32-,33-,35-,36-,37-/m0/s1. The van der Waals surface area contributed by atoms with Crippen molar-refractivity contribution >= 4 is 11.6 Å². The number of likely N-dealkylation sites (tertiary alicyclic amines) is 1. The van der Waals surface area contributed by atoms with Crippen LogP contribution in [-0.4, -0.2) is 60.5 Å². The van der Waals surface area contributed by atoms with Crippen molar-refractivity contribution in [1.82, 2.24) is 10.2 Å². The van der Waals surface area contributed by atoms with Crippen LogP contribution in [0.15, 0.2) is 47.1 Å². The molecule has 3 saturated carbocycles. The number of fused-ring (bicyclic) bond motifs is 5. The van der Waals surface area contributed by atoms with Gasteiger partial charge in [-0.1, -0.05) is 61.8 Å². The largest absolute Gasteiger partial charge is 0.393 e. The fourth-order valence-corrected chi connectivity index (χ4v) is 10.6. The predicted molar refractivity (Wildman–Crippen MR) is 173 cm³/mol. The molecule has 236 valence electrons. The van der Waals surface area contributed by atoms with E-state index in [2.05, 4.69) is 86.5 Å². The SMILES string of the molecule is C[C@@H]1C[C@](CCNC(=O)CO/N=C2\C=C3CC[C@@H]4[C@@H]5CC[C@H](O)[C@@]5(C)CC[C@@H]4[C@@]3(C)CC2)(c2ccccc2)[C@@H](C)CN1C. The zero-order valence-electron chi connectivity index (χ0n) is 27.3. The van der Waals surface area contributed by atoms with Gasteiger partial charge in [0.2, 0.25) is 0 Å². The lowest BCUT2D eigenvalue weighted by Crippen LogP contribution is -2.52. The van der Waals surface area contributed by atoms with Crippen LogP contribution in [0.5, 0.6) is 0 Å². The molecule has 43 heavy (non-hydrogen) atoms. The van der Waals surface area contributed by atoms with E-state index in [9.17, 15) is 9.90 Å². The molecule has 2 N–H and O–H groups in total. The third kappa shape index (κ3) is 5.49. The maximum Gasteiger partial charge on any atom is 0.260 e. The van der Waals surface area contributed by atoms with E-state index in [-0.39, 0.29) is 34.9 Å². The Kier molecular flexibility index (Phi) is 8.58. The molecule has 5 aliphatic rings. The number of hydrogen-bond acceptors (Lipinski definition) is 5. The minimum atomic E-state index is -0.117. The number of hydrogen-bond donors (Lipinski definition) is 2. The van der Waals surface area contributed by atoms with Crippen molar-refractivity contribution in [3.05, 3.63) is 47.5 Å². The number of piperidine rings is 1. The molecule has 0 bridgehead atoms. The van der Waals surface area contributed by atoms with E-state index in [1.165, 1.54) is 30.4 Å². The molecular weight excluding hydrogens is 534 g/mol. The molecule has 1 amide bonds. The van der Waals surface area contributed by atoms with E-state index in [0.29, 0.717) is 30.3 Å². The van der Waals surface area contributed by atoms with Crippen molar-refractivity contribution in [3.8, 4) is 0 Å². The van der Waals surface area contributed by atoms with Crippen LogP contribution in [0.1, 0.15) is 97.5 Å². The summed E-state index contributed by atoms with van der Waals surface area (Å²) < 4.78 is 0. The highest BCUT2D eigenvalue weighted by Crippen LogP contribution is 2.65. The van der Waals surface area contributed by atoms with Crippen LogP contribution < -0.4 is 5.32 Å². The molecule has 0 radical (unpaired) electrons. The summed E-state index contributed by atoms with van der Waals surface area (Å²) in [6.07, 6.45) is 13.1. The van der Waals surface area contributed by atoms with Crippen LogP contribution >= 0.6 is 0 Å². The predicted octanol–water partition coefficient (Wildman–Crippen LogP) is 6.49. The van der Waals surface area contributed by atoms with Crippen LogP contribution in [0.2, 0.25) is 0 Å². The normalized spacial score (nSPS) is 42.0. The highest BCUT2D eigenvalue weighted by molar-refractivity contribution is 5.96. The fourth-order valence-electron chi connectivity index (χ4n) is 10.6. The Hall–Kier alpha value is -2.18. The lowest BCUT2D eigenvalue weighted by molar-refractivity contribution is -0.125. The van der Waals surface area contributed by atoms with Gasteiger partial charge in [0, 0.05) is 24.5 Å². The molecule has 0 unspecified atom stereocenters. The van der Waals surface area contributed by atoms with Crippen molar-refractivity contribution in [2.45, 2.75) is 109 Å². The summed E-state index contributed by atoms with van der Waals surface area (Å²) in [5, 5.41) is 18.3. The Morgan fingerprint density at radius 1 is 1.07 bits per heavy atom. The number of oxime groups is 1. The minimum Gasteiger partial charge on any atom is -0.393 e. The second-order valence-electron chi connectivity index (χ2n) is 15.5. The Morgan fingerprint density at radius 3 is 2.65 bits per heavy atom. The first-order chi connectivity index (χ1) is 20.6. The van der Waals surface area contributed by atoms with Gasteiger partial charge in [0.25, 0.3) is 5.91 Å². The van der Waals surface area contributed by atoms with E-state index < -0.39 is 0 Å². The number of aliphatic hydroxyl groups is 1. The molecule has 6 heteroatoms. The molecule has 1 aromatic rings. The van der Waals surface area contributed by atoms with Gasteiger partial charge in [-0.3, -0.25) is 4.79 Å². The van der Waals surface area contributed by atoms with Crippen LogP contribution in [0.25, 0.3) is 0 Å². The molecule has 1 heterocycles. The second kappa shape index (κ2) is 12.0. The lowest BCUT2D eigenvalue weighted by Gasteiger charge is -2.57. The number of carbonyl (C=O) groups excluding carboxylic acids is 1. The van der Waals surface area contributed by atoms with Crippen LogP contribution in [0.3, 0.4) is 0 Å². The van der Waals surface area contributed by atoms with Gasteiger partial charge < -0.3 is 20.2 Å². The van der Waals surface area contributed by atoms with Gasteiger partial charge in [0.05, 0.1) is 11.8 Å². The monoisotopic (exact) mass is 589 g/mol. The molecule has 6 nitrogen and oxygen atoms in total. The number of allylic oxidation sites excluding steroid dienone is 2. The van der Waals surface area contributed by atoms with Crippen molar-refractivity contribution in [2.24, 2.45) is 39.7 Å². The highest BCUT2D eigenvalue weighted by Gasteiger charge is 2.58. The van der Waals surface area contributed by atoms with Gasteiger partial charge in [0.1, 0.15) is 0 Å². The third-order valence-electron chi connectivity index (χ3n) is 13.5. The van der Waals surface area contributed by atoms with Crippen LogP contribution in [0.4, 0.5) is 0 Å². The zero-order valence-corrected chi connectivity index (χ0v) is 27.3. The molecule has 6 rings (SSSR count). The van der Waals surface area contributed by atoms with Crippen molar-refractivity contribution in [3.63, 3.8) is 0 Å². The first-order valence-corrected chi connectivity index (χ1v) is 17.2. The number of rotatable bonds is 7. The van der Waals surface area contributed by atoms with Crippen LogP contribution in [0, 0.1) is 34.5 Å². The van der Waals surface area contributed by atoms with Gasteiger partial charge in [-0.2, -0.15) is 0 Å². The average molecular weight is 590 g/mol. The quantitative estimate of drug-likeness (QED) is 0.357. The molecule has 1 saturated heterocycles. The molecule has 4 fully saturated rings. The minimum absolute atomic E-state index is 0.0374. The lowest BCUT2D eigenvalue weighted by atomic mass is 9.47. The van der Waals surface area contributed by atoms with Gasteiger partial charge in [-0.05, 0) is 124 Å². The summed E-state index contributed by atoms with van der Waals surface area (Å²) in [4.78, 5) is 20.9. The van der Waals surface area contributed by atoms with E-state index in [1.54, 1.807) is 0 Å². The second-order valence-corrected chi connectivity index (χ2v) is 15.5. The highest BCUT2D eigenvalue weighted by atomic mass is 16.6. The number of carbonyl (C=O) groups is 1.